The highest BCUT2D eigenvalue weighted by Gasteiger charge is 1.86. The molecule has 0 atom stereocenters. The Morgan fingerprint density at radius 1 is 1.50 bits per heavy atom. The summed E-state index contributed by atoms with van der Waals surface area (Å²) in [6, 6.07) is 1.01. The number of hydrogen-bond acceptors (Lipinski definition) is 3. The standard InChI is InChI=1S/C4H4N2O2S.H2O/c7-2-1-3(8)6-4(9)5-2;/h1H,(H3,5,6,7,8,9);1H2. The van der Waals surface area contributed by atoms with Crippen molar-refractivity contribution >= 4 is 12.2 Å². The third-order valence-corrected chi connectivity index (χ3v) is 0.950. The summed E-state index contributed by atoms with van der Waals surface area (Å²) in [6.07, 6.45) is 0. The van der Waals surface area contributed by atoms with Crippen LogP contribution < -0.4 is 5.56 Å². The van der Waals surface area contributed by atoms with Gasteiger partial charge in [0.15, 0.2) is 10.7 Å². The topological polar surface area (TPSA) is 100 Å². The molecule has 10 heavy (non-hydrogen) atoms. The van der Waals surface area contributed by atoms with Crippen LogP contribution in [0.2, 0.25) is 0 Å². The molecule has 0 aliphatic carbocycles. The fourth-order valence-corrected chi connectivity index (χ4v) is 0.661. The van der Waals surface area contributed by atoms with E-state index in [-0.39, 0.29) is 16.1 Å². The van der Waals surface area contributed by atoms with Crippen LogP contribution in [0.3, 0.4) is 0 Å². The van der Waals surface area contributed by atoms with Gasteiger partial charge in [0.1, 0.15) is 0 Å². The van der Waals surface area contributed by atoms with E-state index in [9.17, 15) is 4.79 Å². The Kier molecular flexibility index (Phi) is 2.78. The summed E-state index contributed by atoms with van der Waals surface area (Å²) in [5, 5.41) is 8.65. The summed E-state index contributed by atoms with van der Waals surface area (Å²) >= 11 is 4.52. The van der Waals surface area contributed by atoms with E-state index in [1.165, 1.54) is 0 Å². The first kappa shape index (κ1) is 8.86. The van der Waals surface area contributed by atoms with Crippen LogP contribution >= 0.6 is 12.2 Å². The van der Waals surface area contributed by atoms with Crippen LogP contribution in [-0.4, -0.2) is 20.6 Å². The molecule has 56 valence electrons. The molecule has 0 fully saturated rings. The Bertz CT molecular complexity index is 287. The van der Waals surface area contributed by atoms with Crippen molar-refractivity contribution in [2.45, 2.75) is 0 Å². The molecular weight excluding hydrogens is 156 g/mol. The average molecular weight is 162 g/mol. The summed E-state index contributed by atoms with van der Waals surface area (Å²) in [7, 11) is 0. The van der Waals surface area contributed by atoms with Gasteiger partial charge in [-0.3, -0.25) is 9.78 Å². The molecule has 1 heterocycles. The van der Waals surface area contributed by atoms with Crippen molar-refractivity contribution in [2.24, 2.45) is 0 Å². The van der Waals surface area contributed by atoms with E-state index in [1.54, 1.807) is 0 Å². The van der Waals surface area contributed by atoms with E-state index < -0.39 is 5.56 Å². The minimum Gasteiger partial charge on any atom is -0.494 e. The Labute approximate surface area is 60.7 Å². The fourth-order valence-electron chi connectivity index (χ4n) is 0.456. The van der Waals surface area contributed by atoms with Crippen LogP contribution in [0.5, 0.6) is 5.88 Å². The smallest absolute Gasteiger partial charge is 0.255 e. The highest BCUT2D eigenvalue weighted by molar-refractivity contribution is 7.71. The average Bonchev–Trinajstić information content (AvgIpc) is 1.59. The summed E-state index contributed by atoms with van der Waals surface area (Å²) in [4.78, 5) is 15.0. The van der Waals surface area contributed by atoms with Crippen LogP contribution in [-0.2, 0) is 0 Å². The van der Waals surface area contributed by atoms with Gasteiger partial charge in [-0.1, -0.05) is 0 Å². The lowest BCUT2D eigenvalue weighted by Crippen LogP contribution is -2.03. The Morgan fingerprint density at radius 3 is 2.50 bits per heavy atom. The van der Waals surface area contributed by atoms with Gasteiger partial charge in [-0.05, 0) is 12.2 Å². The monoisotopic (exact) mass is 162 g/mol. The highest BCUT2D eigenvalue weighted by Crippen LogP contribution is 1.92. The molecular formula is C4H6N2O3S. The number of aromatic amines is 2. The third-order valence-electron chi connectivity index (χ3n) is 0.746. The van der Waals surface area contributed by atoms with E-state index in [2.05, 4.69) is 22.2 Å². The lowest BCUT2D eigenvalue weighted by atomic mass is 10.6. The Balaban J connectivity index is 0.000000810. The number of nitrogens with one attached hydrogen (secondary N) is 2. The molecule has 5 N–H and O–H groups in total. The molecule has 0 saturated carbocycles. The molecule has 0 saturated heterocycles. The minimum atomic E-state index is -0.406. The zero-order valence-corrected chi connectivity index (χ0v) is 5.66. The van der Waals surface area contributed by atoms with E-state index in [1.807, 2.05) is 0 Å². The maximum atomic E-state index is 10.4. The lowest BCUT2D eigenvalue weighted by molar-refractivity contribution is 0.450. The van der Waals surface area contributed by atoms with Crippen LogP contribution in [0.4, 0.5) is 0 Å². The number of aromatic hydroxyl groups is 1. The second-order valence-electron chi connectivity index (χ2n) is 1.47. The summed E-state index contributed by atoms with van der Waals surface area (Å²) in [5.41, 5.74) is -0.406. The van der Waals surface area contributed by atoms with Gasteiger partial charge in [0.25, 0.3) is 5.56 Å². The van der Waals surface area contributed by atoms with Crippen molar-refractivity contribution in [3.63, 3.8) is 0 Å². The second-order valence-corrected chi connectivity index (χ2v) is 1.88. The molecule has 0 aromatic carbocycles. The molecule has 0 bridgehead atoms. The molecule has 0 aliphatic rings. The number of H-pyrrole nitrogens is 2. The zero-order valence-electron chi connectivity index (χ0n) is 4.84. The number of rotatable bonds is 0. The maximum Gasteiger partial charge on any atom is 0.255 e. The SMILES string of the molecule is O.O=c1cc(O)[nH]c(=S)[nH]1. The largest absolute Gasteiger partial charge is 0.494 e. The van der Waals surface area contributed by atoms with Gasteiger partial charge in [0.05, 0.1) is 6.07 Å². The van der Waals surface area contributed by atoms with Crippen LogP contribution in [0.15, 0.2) is 10.9 Å². The highest BCUT2D eigenvalue weighted by atomic mass is 32.1. The predicted molar refractivity (Wildman–Crippen MR) is 37.5 cm³/mol. The summed E-state index contributed by atoms with van der Waals surface area (Å²) < 4.78 is 0.125. The van der Waals surface area contributed by atoms with Gasteiger partial charge < -0.3 is 15.6 Å². The van der Waals surface area contributed by atoms with Gasteiger partial charge >= 0.3 is 0 Å². The first-order valence-corrected chi connectivity index (χ1v) is 2.62. The van der Waals surface area contributed by atoms with Crippen LogP contribution in [0.1, 0.15) is 0 Å². The quantitative estimate of drug-likeness (QED) is 0.440. The first-order chi connectivity index (χ1) is 4.18. The molecule has 0 aliphatic heterocycles. The molecule has 1 rings (SSSR count). The van der Waals surface area contributed by atoms with Crippen molar-refractivity contribution < 1.29 is 10.6 Å². The summed E-state index contributed by atoms with van der Waals surface area (Å²) in [5.74, 6) is -0.219. The predicted octanol–water partition coefficient (Wildman–Crippen LogP) is -0.687. The molecule has 1 aromatic heterocycles. The summed E-state index contributed by atoms with van der Waals surface area (Å²) in [6.45, 7) is 0. The number of hydrogen-bond donors (Lipinski definition) is 3. The Hall–Kier alpha value is -1.14. The van der Waals surface area contributed by atoms with Gasteiger partial charge in [-0.2, -0.15) is 0 Å². The molecule has 0 unspecified atom stereocenters. The van der Waals surface area contributed by atoms with E-state index >= 15 is 0 Å². The van der Waals surface area contributed by atoms with Gasteiger partial charge in [0.2, 0.25) is 0 Å². The third kappa shape index (κ3) is 2.00. The van der Waals surface area contributed by atoms with Crippen molar-refractivity contribution in [3.05, 3.63) is 21.2 Å². The molecule has 6 heteroatoms. The minimum absolute atomic E-state index is 0. The van der Waals surface area contributed by atoms with Crippen LogP contribution in [0, 0.1) is 4.77 Å². The van der Waals surface area contributed by atoms with Crippen molar-refractivity contribution in [3.8, 4) is 5.88 Å². The molecule has 5 nitrogen and oxygen atoms in total. The van der Waals surface area contributed by atoms with Crippen LogP contribution in [0.25, 0.3) is 0 Å². The normalized spacial score (nSPS) is 8.40. The second kappa shape index (κ2) is 3.14. The van der Waals surface area contributed by atoms with Crippen molar-refractivity contribution in [1.82, 2.24) is 9.97 Å². The Morgan fingerprint density at radius 2 is 2.10 bits per heavy atom. The van der Waals surface area contributed by atoms with Gasteiger partial charge in [-0.15, -0.1) is 0 Å². The maximum absolute atomic E-state index is 10.4. The zero-order chi connectivity index (χ0) is 6.85. The fraction of sp³-hybridized carbons (Fsp3) is 0. The molecule has 0 radical (unpaired) electrons. The van der Waals surface area contributed by atoms with Gasteiger partial charge in [-0.25, -0.2) is 0 Å². The van der Waals surface area contributed by atoms with E-state index in [0.29, 0.717) is 0 Å². The number of aromatic nitrogens is 2. The molecule has 0 spiro atoms. The lowest BCUT2D eigenvalue weighted by Gasteiger charge is -1.86. The van der Waals surface area contributed by atoms with Crippen molar-refractivity contribution in [2.75, 3.05) is 0 Å². The van der Waals surface area contributed by atoms with Crippen molar-refractivity contribution in [1.29, 1.82) is 0 Å². The first-order valence-electron chi connectivity index (χ1n) is 2.21. The molecule has 1 aromatic rings. The van der Waals surface area contributed by atoms with E-state index in [4.69, 9.17) is 5.11 Å². The van der Waals surface area contributed by atoms with E-state index in [0.717, 1.165) is 6.07 Å². The molecule has 0 amide bonds. The van der Waals surface area contributed by atoms with Gasteiger partial charge in [0, 0.05) is 0 Å².